The molecule has 1 atom stereocenters. The lowest BCUT2D eigenvalue weighted by Gasteiger charge is -2.22. The van der Waals surface area contributed by atoms with Crippen LogP contribution in [0.15, 0.2) is 35.2 Å². The SMILES string of the molecule is CCOC(=O)c1[nH]c(C)c(S(=O)(=O)N2CCC[C@@H]2c2nc(-c3ccccc3)n[nH]2)c1C. The number of hydrogen-bond donors (Lipinski definition) is 2. The van der Waals surface area contributed by atoms with Gasteiger partial charge in [0.25, 0.3) is 0 Å². The Labute approximate surface area is 180 Å². The summed E-state index contributed by atoms with van der Waals surface area (Å²) < 4.78 is 33.7. The molecular weight excluding hydrogens is 418 g/mol. The number of esters is 1. The number of H-pyrrole nitrogens is 2. The molecular formula is C21H25N5O4S. The molecule has 31 heavy (non-hydrogen) atoms. The summed E-state index contributed by atoms with van der Waals surface area (Å²) in [6.45, 7) is 5.55. The number of aromatic nitrogens is 4. The van der Waals surface area contributed by atoms with Crippen molar-refractivity contribution in [2.75, 3.05) is 13.2 Å². The first-order chi connectivity index (χ1) is 14.8. The van der Waals surface area contributed by atoms with Gasteiger partial charge >= 0.3 is 5.97 Å². The van der Waals surface area contributed by atoms with Crippen molar-refractivity contribution in [1.29, 1.82) is 0 Å². The van der Waals surface area contributed by atoms with Crippen LogP contribution in [0.4, 0.5) is 0 Å². The van der Waals surface area contributed by atoms with E-state index in [4.69, 9.17) is 4.74 Å². The predicted molar refractivity (Wildman–Crippen MR) is 114 cm³/mol. The van der Waals surface area contributed by atoms with Crippen LogP contribution in [0.25, 0.3) is 11.4 Å². The first kappa shape index (κ1) is 21.3. The van der Waals surface area contributed by atoms with E-state index in [1.54, 1.807) is 20.8 Å². The third-order valence-corrected chi connectivity index (χ3v) is 7.65. The number of carbonyl (C=O) groups is 1. The number of nitrogens with zero attached hydrogens (tertiary/aromatic N) is 3. The minimum Gasteiger partial charge on any atom is -0.461 e. The second-order valence-electron chi connectivity index (χ2n) is 7.48. The number of sulfonamides is 1. The minimum atomic E-state index is -3.87. The average molecular weight is 444 g/mol. The molecule has 4 rings (SSSR count). The van der Waals surface area contributed by atoms with Crippen LogP contribution in [-0.2, 0) is 14.8 Å². The predicted octanol–water partition coefficient (Wildman–Crippen LogP) is 3.12. The van der Waals surface area contributed by atoms with Crippen molar-refractivity contribution in [3.63, 3.8) is 0 Å². The van der Waals surface area contributed by atoms with E-state index in [-0.39, 0.29) is 17.2 Å². The lowest BCUT2D eigenvalue weighted by Crippen LogP contribution is -2.32. The van der Waals surface area contributed by atoms with Gasteiger partial charge in [0.2, 0.25) is 10.0 Å². The van der Waals surface area contributed by atoms with Crippen molar-refractivity contribution in [3.8, 4) is 11.4 Å². The van der Waals surface area contributed by atoms with Crippen LogP contribution < -0.4 is 0 Å². The summed E-state index contributed by atoms with van der Waals surface area (Å²) >= 11 is 0. The molecule has 0 bridgehead atoms. The smallest absolute Gasteiger partial charge is 0.355 e. The molecule has 0 saturated carbocycles. The molecule has 0 spiro atoms. The number of hydrogen-bond acceptors (Lipinski definition) is 6. The number of rotatable bonds is 6. The molecule has 1 aliphatic rings. The van der Waals surface area contributed by atoms with E-state index in [2.05, 4.69) is 20.2 Å². The molecule has 0 amide bonds. The second-order valence-corrected chi connectivity index (χ2v) is 9.31. The van der Waals surface area contributed by atoms with Crippen LogP contribution in [0.2, 0.25) is 0 Å². The van der Waals surface area contributed by atoms with Gasteiger partial charge in [-0.1, -0.05) is 30.3 Å². The van der Waals surface area contributed by atoms with Crippen molar-refractivity contribution >= 4 is 16.0 Å². The van der Waals surface area contributed by atoms with E-state index >= 15 is 0 Å². The van der Waals surface area contributed by atoms with E-state index < -0.39 is 22.0 Å². The monoisotopic (exact) mass is 443 g/mol. The average Bonchev–Trinajstić information content (AvgIpc) is 3.47. The number of aryl methyl sites for hydroxylation is 1. The van der Waals surface area contributed by atoms with Gasteiger partial charge in [-0.3, -0.25) is 5.10 Å². The Hall–Kier alpha value is -2.98. The Kier molecular flexibility index (Phi) is 5.67. The maximum absolute atomic E-state index is 13.6. The molecule has 10 heteroatoms. The normalized spacial score (nSPS) is 17.2. The molecule has 2 aromatic heterocycles. The maximum atomic E-state index is 13.6. The standard InChI is InChI=1S/C21H25N5O4S/c1-4-30-21(27)17-13(2)18(14(3)22-17)31(28,29)26-12-8-11-16(26)20-23-19(24-25-20)15-9-6-5-7-10-15/h5-7,9-10,16,22H,4,8,11-12H2,1-3H3,(H,23,24,25)/t16-/m1/s1. The third-order valence-electron chi connectivity index (χ3n) is 5.47. The second kappa shape index (κ2) is 8.27. The van der Waals surface area contributed by atoms with Gasteiger partial charge in [0.1, 0.15) is 16.4 Å². The van der Waals surface area contributed by atoms with Crippen LogP contribution >= 0.6 is 0 Å². The zero-order valence-electron chi connectivity index (χ0n) is 17.7. The number of aromatic amines is 2. The lowest BCUT2D eigenvalue weighted by atomic mass is 10.2. The molecule has 1 saturated heterocycles. The molecule has 164 valence electrons. The van der Waals surface area contributed by atoms with Gasteiger partial charge < -0.3 is 9.72 Å². The number of ether oxygens (including phenoxy) is 1. The first-order valence-corrected chi connectivity index (χ1v) is 11.6. The Morgan fingerprint density at radius 1 is 1.26 bits per heavy atom. The van der Waals surface area contributed by atoms with E-state index in [1.807, 2.05) is 30.3 Å². The Balaban J connectivity index is 1.68. The number of nitrogens with one attached hydrogen (secondary N) is 2. The molecule has 0 aliphatic carbocycles. The van der Waals surface area contributed by atoms with E-state index in [9.17, 15) is 13.2 Å². The molecule has 1 fully saturated rings. The maximum Gasteiger partial charge on any atom is 0.355 e. The third kappa shape index (κ3) is 3.77. The summed E-state index contributed by atoms with van der Waals surface area (Å²) in [4.78, 5) is 19.8. The van der Waals surface area contributed by atoms with Crippen LogP contribution in [0.5, 0.6) is 0 Å². The first-order valence-electron chi connectivity index (χ1n) is 10.2. The summed E-state index contributed by atoms with van der Waals surface area (Å²) in [5, 5.41) is 7.20. The van der Waals surface area contributed by atoms with Crippen LogP contribution in [0, 0.1) is 13.8 Å². The lowest BCUT2D eigenvalue weighted by molar-refractivity contribution is 0.0519. The summed E-state index contributed by atoms with van der Waals surface area (Å²) in [7, 11) is -3.87. The highest BCUT2D eigenvalue weighted by molar-refractivity contribution is 7.89. The largest absolute Gasteiger partial charge is 0.461 e. The molecule has 3 aromatic rings. The van der Waals surface area contributed by atoms with Gasteiger partial charge in [-0.05, 0) is 33.6 Å². The summed E-state index contributed by atoms with van der Waals surface area (Å²) in [6, 6.07) is 9.06. The molecule has 1 aliphatic heterocycles. The summed E-state index contributed by atoms with van der Waals surface area (Å²) in [5.41, 5.74) is 1.80. The molecule has 0 radical (unpaired) electrons. The fourth-order valence-corrected chi connectivity index (χ4v) is 6.16. The molecule has 3 heterocycles. The topological polar surface area (TPSA) is 121 Å². The van der Waals surface area contributed by atoms with Gasteiger partial charge in [-0.2, -0.15) is 9.40 Å². The van der Waals surface area contributed by atoms with Gasteiger partial charge in [0, 0.05) is 23.4 Å². The molecule has 9 nitrogen and oxygen atoms in total. The molecule has 2 N–H and O–H groups in total. The van der Waals surface area contributed by atoms with Crippen LogP contribution in [-0.4, -0.2) is 52.0 Å². The van der Waals surface area contributed by atoms with Crippen LogP contribution in [0.1, 0.15) is 53.4 Å². The Bertz CT molecular complexity index is 1200. The summed E-state index contributed by atoms with van der Waals surface area (Å²) in [6.07, 6.45) is 1.34. The van der Waals surface area contributed by atoms with Gasteiger partial charge in [-0.15, -0.1) is 0 Å². The van der Waals surface area contributed by atoms with E-state index in [0.717, 1.165) is 5.56 Å². The highest BCUT2D eigenvalue weighted by atomic mass is 32.2. The van der Waals surface area contributed by atoms with Crippen molar-refractivity contribution in [2.45, 2.75) is 44.6 Å². The minimum absolute atomic E-state index is 0.116. The van der Waals surface area contributed by atoms with Crippen molar-refractivity contribution in [1.82, 2.24) is 24.5 Å². The van der Waals surface area contributed by atoms with Gasteiger partial charge in [-0.25, -0.2) is 18.2 Å². The quantitative estimate of drug-likeness (QED) is 0.565. The van der Waals surface area contributed by atoms with Gasteiger partial charge in [0.15, 0.2) is 5.82 Å². The zero-order chi connectivity index (χ0) is 22.2. The number of benzene rings is 1. The van der Waals surface area contributed by atoms with Crippen molar-refractivity contribution < 1.29 is 17.9 Å². The van der Waals surface area contributed by atoms with E-state index in [1.165, 1.54) is 4.31 Å². The van der Waals surface area contributed by atoms with E-state index in [0.29, 0.717) is 42.3 Å². The fraction of sp³-hybridized carbons (Fsp3) is 0.381. The Morgan fingerprint density at radius 3 is 2.71 bits per heavy atom. The molecule has 0 unspecified atom stereocenters. The van der Waals surface area contributed by atoms with Crippen molar-refractivity contribution in [2.24, 2.45) is 0 Å². The summed E-state index contributed by atoms with van der Waals surface area (Å²) in [5.74, 6) is 0.472. The Morgan fingerprint density at radius 2 is 2.00 bits per heavy atom. The zero-order valence-corrected chi connectivity index (χ0v) is 18.5. The highest BCUT2D eigenvalue weighted by Crippen LogP contribution is 2.38. The number of carbonyl (C=O) groups excluding carboxylic acids is 1. The molecule has 1 aromatic carbocycles. The van der Waals surface area contributed by atoms with Gasteiger partial charge in [0.05, 0.1) is 12.6 Å². The van der Waals surface area contributed by atoms with Crippen molar-refractivity contribution in [3.05, 3.63) is 53.1 Å². The fourth-order valence-electron chi connectivity index (χ4n) is 4.09. The van der Waals surface area contributed by atoms with Crippen LogP contribution in [0.3, 0.4) is 0 Å². The highest BCUT2D eigenvalue weighted by Gasteiger charge is 2.40.